The van der Waals surface area contributed by atoms with Crippen molar-refractivity contribution in [1.82, 2.24) is 14.8 Å². The Balaban J connectivity index is 2.28. The summed E-state index contributed by atoms with van der Waals surface area (Å²) in [5.74, 6) is 2.23. The van der Waals surface area contributed by atoms with Gasteiger partial charge in [-0.1, -0.05) is 0 Å². The number of rotatable bonds is 4. The lowest BCUT2D eigenvalue weighted by atomic mass is 10.3. The lowest BCUT2D eigenvalue weighted by molar-refractivity contribution is 0.562. The Bertz CT molecular complexity index is 433. The van der Waals surface area contributed by atoms with Crippen molar-refractivity contribution < 1.29 is 4.21 Å². The first-order chi connectivity index (χ1) is 7.09. The molecule has 15 heavy (non-hydrogen) atoms. The lowest BCUT2D eigenvalue weighted by Gasteiger charge is -2.13. The molecule has 1 aromatic rings. The molecule has 1 saturated carbocycles. The molecule has 1 aromatic heterocycles. The highest BCUT2D eigenvalue weighted by atomic mass is 32.2. The van der Waals surface area contributed by atoms with Gasteiger partial charge in [0.25, 0.3) is 0 Å². The highest BCUT2D eigenvalue weighted by Gasteiger charge is 2.30. The Morgan fingerprint density at radius 1 is 1.73 bits per heavy atom. The number of nitrogens with one attached hydrogen (secondary N) is 1. The van der Waals surface area contributed by atoms with Crippen LogP contribution in [0.15, 0.2) is 0 Å². The van der Waals surface area contributed by atoms with E-state index in [0.29, 0.717) is 16.4 Å². The number of aromatic amines is 1. The van der Waals surface area contributed by atoms with Gasteiger partial charge in [0.05, 0.1) is 0 Å². The molecule has 0 saturated heterocycles. The second-order valence-corrected chi connectivity index (χ2v) is 5.99. The predicted octanol–water partition coefficient (Wildman–Crippen LogP) is 1.76. The minimum absolute atomic E-state index is 0.165. The van der Waals surface area contributed by atoms with Crippen LogP contribution in [-0.2, 0) is 10.8 Å². The van der Waals surface area contributed by atoms with E-state index >= 15 is 0 Å². The van der Waals surface area contributed by atoms with Gasteiger partial charge in [0.1, 0.15) is 5.82 Å². The molecule has 84 valence electrons. The van der Waals surface area contributed by atoms with Crippen LogP contribution in [0.5, 0.6) is 0 Å². The molecule has 1 heterocycles. The van der Waals surface area contributed by atoms with Crippen LogP contribution in [0.1, 0.15) is 37.5 Å². The number of aromatic nitrogens is 3. The molecule has 0 amide bonds. The Hall–Kier alpha value is -0.490. The molecule has 6 heteroatoms. The molecule has 1 N–H and O–H groups in total. The molecule has 0 spiro atoms. The van der Waals surface area contributed by atoms with Gasteiger partial charge < -0.3 is 4.57 Å². The zero-order chi connectivity index (χ0) is 11.0. The van der Waals surface area contributed by atoms with Crippen molar-refractivity contribution in [3.63, 3.8) is 0 Å². The first-order valence-corrected chi connectivity index (χ1v) is 7.20. The topological polar surface area (TPSA) is 50.7 Å². The molecule has 4 nitrogen and oxygen atoms in total. The summed E-state index contributed by atoms with van der Waals surface area (Å²) in [6, 6.07) is 0.165. The maximum atomic E-state index is 11.2. The molecule has 0 radical (unpaired) electrons. The van der Waals surface area contributed by atoms with Crippen molar-refractivity contribution in [2.24, 2.45) is 0 Å². The first-order valence-electron chi connectivity index (χ1n) is 5.06. The van der Waals surface area contributed by atoms with E-state index in [1.165, 1.54) is 12.8 Å². The lowest BCUT2D eigenvalue weighted by Crippen LogP contribution is -2.15. The van der Waals surface area contributed by atoms with Crippen LogP contribution in [0.4, 0.5) is 0 Å². The van der Waals surface area contributed by atoms with Gasteiger partial charge in [-0.15, -0.1) is 0 Å². The average molecular weight is 245 g/mol. The second kappa shape index (κ2) is 4.17. The van der Waals surface area contributed by atoms with E-state index in [0.717, 1.165) is 5.82 Å². The van der Waals surface area contributed by atoms with Gasteiger partial charge in [-0.25, -0.2) is 0 Å². The van der Waals surface area contributed by atoms with Crippen molar-refractivity contribution in [2.75, 3.05) is 12.0 Å². The van der Waals surface area contributed by atoms with E-state index in [4.69, 9.17) is 12.2 Å². The van der Waals surface area contributed by atoms with Crippen LogP contribution in [-0.4, -0.2) is 31.0 Å². The minimum Gasteiger partial charge on any atom is -0.300 e. The van der Waals surface area contributed by atoms with Gasteiger partial charge in [-0.05, 0) is 32.0 Å². The summed E-state index contributed by atoms with van der Waals surface area (Å²) in [5, 5.41) is 7.08. The van der Waals surface area contributed by atoms with Crippen LogP contribution in [0.25, 0.3) is 0 Å². The van der Waals surface area contributed by atoms with Gasteiger partial charge in [-0.2, -0.15) is 5.10 Å². The molecule has 2 unspecified atom stereocenters. The number of H-pyrrole nitrogens is 1. The summed E-state index contributed by atoms with van der Waals surface area (Å²) in [4.78, 5) is 0. The molecule has 0 aromatic carbocycles. The third-order valence-corrected chi connectivity index (χ3v) is 3.83. The molecule has 1 aliphatic carbocycles. The van der Waals surface area contributed by atoms with Crippen LogP contribution < -0.4 is 0 Å². The van der Waals surface area contributed by atoms with Gasteiger partial charge in [-0.3, -0.25) is 9.31 Å². The van der Waals surface area contributed by atoms with Crippen molar-refractivity contribution in [3.05, 3.63) is 10.6 Å². The third kappa shape index (κ3) is 2.36. The van der Waals surface area contributed by atoms with Crippen LogP contribution in [0.2, 0.25) is 0 Å². The summed E-state index contributed by atoms with van der Waals surface area (Å²) in [7, 11) is -0.798. The van der Waals surface area contributed by atoms with Crippen LogP contribution in [0, 0.1) is 4.77 Å². The first kappa shape index (κ1) is 11.0. The molecule has 2 atom stereocenters. The van der Waals surface area contributed by atoms with Gasteiger partial charge in [0, 0.05) is 34.8 Å². The highest BCUT2D eigenvalue weighted by Crippen LogP contribution is 2.39. The Morgan fingerprint density at radius 3 is 2.93 bits per heavy atom. The summed E-state index contributed by atoms with van der Waals surface area (Å²) < 4.78 is 13.9. The van der Waals surface area contributed by atoms with E-state index in [-0.39, 0.29) is 6.04 Å². The Kier molecular flexibility index (Phi) is 3.06. The average Bonchev–Trinajstić information content (AvgIpc) is 2.89. The highest BCUT2D eigenvalue weighted by molar-refractivity contribution is 7.84. The molecular weight excluding hydrogens is 230 g/mol. The monoisotopic (exact) mass is 245 g/mol. The molecule has 0 aliphatic heterocycles. The van der Waals surface area contributed by atoms with Crippen molar-refractivity contribution in [1.29, 1.82) is 0 Å². The summed E-state index contributed by atoms with van der Waals surface area (Å²) in [6.45, 7) is 2.04. The van der Waals surface area contributed by atoms with E-state index in [1.54, 1.807) is 6.26 Å². The second-order valence-electron chi connectivity index (χ2n) is 4.12. The summed E-state index contributed by atoms with van der Waals surface area (Å²) >= 11 is 5.19. The quantitative estimate of drug-likeness (QED) is 0.822. The minimum atomic E-state index is -0.798. The standard InChI is InChI=1S/C9H15N3OS2/c1-6(5-15(2)13)12-8(7-3-4-7)10-11-9(12)14/h6-7H,3-5H2,1-2H3,(H,11,14). The largest absolute Gasteiger partial charge is 0.300 e. The maximum Gasteiger partial charge on any atom is 0.195 e. The fourth-order valence-corrected chi connectivity index (χ4v) is 2.93. The smallest absolute Gasteiger partial charge is 0.195 e. The number of nitrogens with zero attached hydrogens (tertiary/aromatic N) is 2. The zero-order valence-electron chi connectivity index (χ0n) is 8.90. The molecular formula is C9H15N3OS2. The molecule has 1 aliphatic rings. The van der Waals surface area contributed by atoms with Crippen molar-refractivity contribution >= 4 is 23.0 Å². The summed E-state index contributed by atoms with van der Waals surface area (Å²) in [5.41, 5.74) is 0. The van der Waals surface area contributed by atoms with E-state index in [9.17, 15) is 4.21 Å². The fraction of sp³-hybridized carbons (Fsp3) is 0.778. The number of hydrogen-bond donors (Lipinski definition) is 1. The van der Waals surface area contributed by atoms with Gasteiger partial charge in [0.2, 0.25) is 0 Å². The van der Waals surface area contributed by atoms with Gasteiger partial charge >= 0.3 is 0 Å². The molecule has 2 rings (SSSR count). The Labute approximate surface area is 96.5 Å². The van der Waals surface area contributed by atoms with Crippen LogP contribution >= 0.6 is 12.2 Å². The zero-order valence-corrected chi connectivity index (χ0v) is 10.5. The Morgan fingerprint density at radius 2 is 2.40 bits per heavy atom. The van der Waals surface area contributed by atoms with E-state index in [2.05, 4.69) is 10.2 Å². The van der Waals surface area contributed by atoms with Crippen LogP contribution in [0.3, 0.4) is 0 Å². The molecule has 1 fully saturated rings. The maximum absolute atomic E-state index is 11.2. The molecule has 0 bridgehead atoms. The third-order valence-electron chi connectivity index (χ3n) is 2.59. The summed E-state index contributed by atoms with van der Waals surface area (Å²) in [6.07, 6.45) is 4.11. The number of hydrogen-bond acceptors (Lipinski definition) is 3. The fourth-order valence-electron chi connectivity index (χ4n) is 1.79. The predicted molar refractivity (Wildman–Crippen MR) is 63.0 cm³/mol. The normalized spacial score (nSPS) is 20.1. The van der Waals surface area contributed by atoms with E-state index < -0.39 is 10.8 Å². The van der Waals surface area contributed by atoms with E-state index in [1.807, 2.05) is 11.5 Å². The van der Waals surface area contributed by atoms with Gasteiger partial charge in [0.15, 0.2) is 4.77 Å². The van der Waals surface area contributed by atoms with Crippen molar-refractivity contribution in [2.45, 2.75) is 31.7 Å². The van der Waals surface area contributed by atoms with Crippen molar-refractivity contribution in [3.8, 4) is 0 Å². The SMILES string of the molecule is CC(CS(C)=O)n1c(C2CC2)n[nH]c1=S.